The van der Waals surface area contributed by atoms with E-state index >= 15 is 0 Å². The number of anilines is 1. The van der Waals surface area contributed by atoms with Gasteiger partial charge in [0.25, 0.3) is 17.5 Å². The van der Waals surface area contributed by atoms with E-state index in [-0.39, 0.29) is 40.8 Å². The summed E-state index contributed by atoms with van der Waals surface area (Å²) in [5, 5.41) is 18.3. The van der Waals surface area contributed by atoms with Crippen LogP contribution in [0.3, 0.4) is 0 Å². The minimum Gasteiger partial charge on any atom is -0.374 e. The van der Waals surface area contributed by atoms with E-state index in [4.69, 9.17) is 0 Å². The zero-order valence-corrected chi connectivity index (χ0v) is 20.4. The van der Waals surface area contributed by atoms with Crippen LogP contribution in [0, 0.1) is 10.1 Å². The number of pyridine rings is 1. The lowest BCUT2D eigenvalue weighted by Crippen LogP contribution is -2.49. The Balaban J connectivity index is 1.63. The molecule has 1 aliphatic carbocycles. The van der Waals surface area contributed by atoms with Gasteiger partial charge in [-0.25, -0.2) is 0 Å². The van der Waals surface area contributed by atoms with Crippen molar-refractivity contribution < 1.29 is 14.5 Å². The number of hydrogen-bond donors (Lipinski definition) is 2. The monoisotopic (exact) mass is 529 g/mol. The first-order chi connectivity index (χ1) is 16.4. The quantitative estimate of drug-likeness (QED) is 0.419. The third kappa shape index (κ3) is 5.55. The Morgan fingerprint density at radius 1 is 1.09 bits per heavy atom. The van der Waals surface area contributed by atoms with E-state index in [1.54, 1.807) is 29.3 Å². The average Bonchev–Trinajstić information content (AvgIpc) is 2.86. The van der Waals surface area contributed by atoms with E-state index < -0.39 is 4.92 Å². The zero-order valence-electron chi connectivity index (χ0n) is 18.8. The third-order valence-electron chi connectivity index (χ3n) is 6.49. The van der Waals surface area contributed by atoms with Crippen molar-refractivity contribution in [1.82, 2.24) is 15.2 Å². The van der Waals surface area contributed by atoms with Crippen LogP contribution in [-0.4, -0.2) is 51.8 Å². The Kier molecular flexibility index (Phi) is 7.77. The number of amides is 2. The Hall–Kier alpha value is -3.01. The number of hydrogen-bond acceptors (Lipinski definition) is 6. The molecular formula is C24H28BrN5O4. The van der Waals surface area contributed by atoms with Gasteiger partial charge in [0.1, 0.15) is 5.69 Å². The molecule has 34 heavy (non-hydrogen) atoms. The van der Waals surface area contributed by atoms with Crippen molar-refractivity contribution in [2.24, 2.45) is 0 Å². The maximum atomic E-state index is 13.4. The van der Waals surface area contributed by atoms with Gasteiger partial charge in [0.2, 0.25) is 0 Å². The second-order valence-electron chi connectivity index (χ2n) is 8.81. The van der Waals surface area contributed by atoms with Gasteiger partial charge in [-0.05, 0) is 50.3 Å². The molecule has 1 aromatic heterocycles. The number of aromatic nitrogens is 1. The molecule has 2 fully saturated rings. The molecule has 0 bridgehead atoms. The highest BCUT2D eigenvalue weighted by molar-refractivity contribution is 9.10. The first kappa shape index (κ1) is 24.1. The number of piperidine rings is 1. The molecule has 2 N–H and O–H groups in total. The Labute approximate surface area is 206 Å². The van der Waals surface area contributed by atoms with E-state index in [1.165, 1.54) is 12.3 Å². The number of carbonyl (C=O) groups is 2. The number of nitrogens with one attached hydrogen (secondary N) is 2. The van der Waals surface area contributed by atoms with Crippen molar-refractivity contribution in [1.29, 1.82) is 0 Å². The molecule has 1 saturated heterocycles. The molecule has 2 amide bonds. The van der Waals surface area contributed by atoms with Crippen LogP contribution in [0.25, 0.3) is 0 Å². The molecule has 0 radical (unpaired) electrons. The molecule has 2 aromatic rings. The van der Waals surface area contributed by atoms with Gasteiger partial charge in [-0.1, -0.05) is 28.8 Å². The molecule has 180 valence electrons. The Morgan fingerprint density at radius 2 is 1.82 bits per heavy atom. The molecule has 0 unspecified atom stereocenters. The van der Waals surface area contributed by atoms with Gasteiger partial charge in [-0.15, -0.1) is 0 Å². The summed E-state index contributed by atoms with van der Waals surface area (Å²) in [5.74, 6) is -0.444. The Morgan fingerprint density at radius 3 is 2.50 bits per heavy atom. The maximum absolute atomic E-state index is 13.4. The molecule has 1 aromatic carbocycles. The maximum Gasteiger partial charge on any atom is 0.294 e. The van der Waals surface area contributed by atoms with E-state index in [2.05, 4.69) is 31.5 Å². The van der Waals surface area contributed by atoms with Crippen molar-refractivity contribution >= 4 is 39.1 Å². The van der Waals surface area contributed by atoms with Crippen LogP contribution in [-0.2, 0) is 0 Å². The summed E-state index contributed by atoms with van der Waals surface area (Å²) in [4.78, 5) is 43.4. The normalized spacial score (nSPS) is 20.4. The second-order valence-corrected chi connectivity index (χ2v) is 9.73. The first-order valence-corrected chi connectivity index (χ1v) is 12.5. The lowest BCUT2D eigenvalue weighted by Gasteiger charge is -2.34. The number of nitro benzene ring substituents is 1. The van der Waals surface area contributed by atoms with Gasteiger partial charge >= 0.3 is 0 Å². The SMILES string of the molecule is O=C(N[C@H]1CCCC[C@H]1Nc1c(C(=O)N2CCCCC2)cc(Br)cc1[N+](=O)[O-])c1cccnc1. The van der Waals surface area contributed by atoms with Gasteiger partial charge in [-0.3, -0.25) is 24.7 Å². The van der Waals surface area contributed by atoms with Gasteiger partial charge in [0, 0.05) is 48.1 Å². The summed E-state index contributed by atoms with van der Waals surface area (Å²) in [5.41, 5.74) is 0.808. The van der Waals surface area contributed by atoms with Crippen LogP contribution in [0.5, 0.6) is 0 Å². The summed E-state index contributed by atoms with van der Waals surface area (Å²) in [6, 6.07) is 5.99. The van der Waals surface area contributed by atoms with Crippen LogP contribution in [0.1, 0.15) is 65.7 Å². The first-order valence-electron chi connectivity index (χ1n) is 11.7. The predicted octanol–water partition coefficient (Wildman–Crippen LogP) is 4.53. The summed E-state index contributed by atoms with van der Waals surface area (Å²) in [6.45, 7) is 1.29. The zero-order chi connectivity index (χ0) is 24.1. The number of likely N-dealkylation sites (tertiary alicyclic amines) is 1. The van der Waals surface area contributed by atoms with E-state index in [0.29, 0.717) is 23.1 Å². The molecule has 9 nitrogen and oxygen atoms in total. The van der Waals surface area contributed by atoms with Crippen molar-refractivity contribution in [3.63, 3.8) is 0 Å². The smallest absolute Gasteiger partial charge is 0.294 e. The van der Waals surface area contributed by atoms with Crippen molar-refractivity contribution in [3.05, 3.63) is 62.4 Å². The summed E-state index contributed by atoms with van der Waals surface area (Å²) in [7, 11) is 0. The molecule has 4 rings (SSSR count). The molecule has 2 aliphatic rings. The fourth-order valence-electron chi connectivity index (χ4n) is 4.73. The fraction of sp³-hybridized carbons (Fsp3) is 0.458. The fourth-order valence-corrected chi connectivity index (χ4v) is 5.18. The highest BCUT2D eigenvalue weighted by atomic mass is 79.9. The summed E-state index contributed by atoms with van der Waals surface area (Å²) in [6.07, 6.45) is 9.38. The van der Waals surface area contributed by atoms with Gasteiger partial charge < -0.3 is 15.5 Å². The number of nitrogens with zero attached hydrogens (tertiary/aromatic N) is 3. The number of rotatable bonds is 6. The van der Waals surface area contributed by atoms with Crippen molar-refractivity contribution in [2.75, 3.05) is 18.4 Å². The predicted molar refractivity (Wildman–Crippen MR) is 132 cm³/mol. The van der Waals surface area contributed by atoms with Crippen molar-refractivity contribution in [2.45, 2.75) is 57.0 Å². The van der Waals surface area contributed by atoms with Crippen LogP contribution >= 0.6 is 15.9 Å². The standard InChI is InChI=1S/C24H28BrN5O4/c25-17-13-18(24(32)29-11-4-1-5-12-29)22(21(14-17)30(33)34)27-19-8-2-3-9-20(19)28-23(31)16-7-6-10-26-15-16/h6-7,10,13-15,19-20,27H,1-5,8-9,11-12H2,(H,28,31)/t19-,20+/m1/s1. The molecular weight excluding hydrogens is 502 g/mol. The average molecular weight is 530 g/mol. The minimum absolute atomic E-state index is 0.155. The van der Waals surface area contributed by atoms with Crippen molar-refractivity contribution in [3.8, 4) is 0 Å². The summed E-state index contributed by atoms with van der Waals surface area (Å²) < 4.78 is 0.482. The molecule has 2 heterocycles. The van der Waals surface area contributed by atoms with Crippen LogP contribution in [0.2, 0.25) is 0 Å². The number of halogens is 1. The Bertz CT molecular complexity index is 1060. The van der Waals surface area contributed by atoms with Crippen LogP contribution in [0.15, 0.2) is 41.1 Å². The molecule has 1 saturated carbocycles. The lowest BCUT2D eigenvalue weighted by atomic mass is 9.89. The highest BCUT2D eigenvalue weighted by Gasteiger charge is 2.32. The van der Waals surface area contributed by atoms with Gasteiger partial charge in [-0.2, -0.15) is 0 Å². The molecule has 2 atom stereocenters. The minimum atomic E-state index is -0.466. The number of nitro groups is 1. The van der Waals surface area contributed by atoms with E-state index in [1.807, 2.05) is 0 Å². The van der Waals surface area contributed by atoms with Gasteiger partial charge in [0.05, 0.1) is 16.1 Å². The van der Waals surface area contributed by atoms with E-state index in [0.717, 1.165) is 44.9 Å². The van der Waals surface area contributed by atoms with Gasteiger partial charge in [0.15, 0.2) is 0 Å². The molecule has 10 heteroatoms. The van der Waals surface area contributed by atoms with Crippen LogP contribution in [0.4, 0.5) is 11.4 Å². The largest absolute Gasteiger partial charge is 0.374 e. The molecule has 0 spiro atoms. The number of carbonyl (C=O) groups excluding carboxylic acids is 2. The molecule has 1 aliphatic heterocycles. The third-order valence-corrected chi connectivity index (χ3v) is 6.95. The van der Waals surface area contributed by atoms with E-state index in [9.17, 15) is 19.7 Å². The summed E-state index contributed by atoms with van der Waals surface area (Å²) >= 11 is 3.34. The highest BCUT2D eigenvalue weighted by Crippen LogP contribution is 2.36. The number of benzene rings is 1. The lowest BCUT2D eigenvalue weighted by molar-refractivity contribution is -0.384. The topological polar surface area (TPSA) is 117 Å². The second kappa shape index (κ2) is 10.9. The van der Waals surface area contributed by atoms with Crippen LogP contribution < -0.4 is 10.6 Å².